The molecule has 0 bridgehead atoms. The Morgan fingerprint density at radius 3 is 2.42 bits per heavy atom. The first-order valence-electron chi connectivity index (χ1n) is 5.08. The summed E-state index contributed by atoms with van der Waals surface area (Å²) in [5, 5.41) is 11.5. The van der Waals surface area contributed by atoms with Crippen molar-refractivity contribution >= 4 is 17.3 Å². The maximum absolute atomic E-state index is 11.0. The maximum Gasteiger partial charge on any atom is 0.392 e. The lowest BCUT2D eigenvalue weighted by Crippen LogP contribution is -2.01. The van der Waals surface area contributed by atoms with Crippen LogP contribution in [0.3, 0.4) is 0 Å². The number of hydrogen-bond acceptors (Lipinski definition) is 6. The third-order valence-corrected chi connectivity index (χ3v) is 2.41. The fourth-order valence-electron chi connectivity index (χ4n) is 1.34. The lowest BCUT2D eigenvalue weighted by atomic mass is 10.3. The van der Waals surface area contributed by atoms with Gasteiger partial charge in [0.25, 0.3) is 0 Å². The number of hydrogen-bond donors (Lipinski definition) is 0. The van der Waals surface area contributed by atoms with Crippen molar-refractivity contribution in [3.8, 4) is 17.5 Å². The molecule has 0 amide bonds. The molecular formula is C11H8ClN3O4. The summed E-state index contributed by atoms with van der Waals surface area (Å²) < 4.78 is 10.1. The molecule has 0 radical (unpaired) electrons. The number of methoxy groups -OCH3 is 1. The zero-order valence-electron chi connectivity index (χ0n) is 9.74. The Morgan fingerprint density at radius 2 is 1.84 bits per heavy atom. The molecule has 2 rings (SSSR count). The van der Waals surface area contributed by atoms with E-state index in [-0.39, 0.29) is 11.8 Å². The van der Waals surface area contributed by atoms with Crippen LogP contribution in [0.4, 0.5) is 5.69 Å². The van der Waals surface area contributed by atoms with E-state index in [4.69, 9.17) is 21.1 Å². The number of nitro groups is 1. The van der Waals surface area contributed by atoms with E-state index in [0.717, 1.165) is 6.33 Å². The van der Waals surface area contributed by atoms with Gasteiger partial charge in [-0.3, -0.25) is 10.1 Å². The van der Waals surface area contributed by atoms with E-state index in [1.54, 1.807) is 24.3 Å². The number of ether oxygens (including phenoxy) is 2. The molecule has 0 aliphatic rings. The Morgan fingerprint density at radius 1 is 1.21 bits per heavy atom. The van der Waals surface area contributed by atoms with Crippen LogP contribution in [0.5, 0.6) is 17.5 Å². The van der Waals surface area contributed by atoms with Crippen molar-refractivity contribution in [1.82, 2.24) is 9.97 Å². The second-order valence-electron chi connectivity index (χ2n) is 3.35. The minimum atomic E-state index is -0.663. The van der Waals surface area contributed by atoms with E-state index in [1.807, 2.05) is 0 Å². The predicted octanol–water partition coefficient (Wildman–Crippen LogP) is 2.84. The van der Waals surface area contributed by atoms with E-state index in [1.165, 1.54) is 7.11 Å². The molecule has 0 atom stereocenters. The van der Waals surface area contributed by atoms with Crippen LogP contribution < -0.4 is 9.47 Å². The van der Waals surface area contributed by atoms with Crippen LogP contribution in [0.2, 0.25) is 5.02 Å². The van der Waals surface area contributed by atoms with Gasteiger partial charge in [0.2, 0.25) is 0 Å². The summed E-state index contributed by atoms with van der Waals surface area (Å²) in [6, 6.07) is 6.34. The standard InChI is InChI=1S/C11H8ClN3O4/c1-18-10-9(15(16)17)11(14-6-13-10)19-8-4-2-7(12)3-5-8/h2-6H,1H3. The zero-order valence-corrected chi connectivity index (χ0v) is 10.5. The Balaban J connectivity index is 2.39. The highest BCUT2D eigenvalue weighted by atomic mass is 35.5. The molecule has 1 aromatic carbocycles. The number of halogens is 1. The van der Waals surface area contributed by atoms with Crippen molar-refractivity contribution in [2.45, 2.75) is 0 Å². The van der Waals surface area contributed by atoms with Crippen LogP contribution >= 0.6 is 11.6 Å². The summed E-state index contributed by atoms with van der Waals surface area (Å²) in [6.07, 6.45) is 1.12. The minimum Gasteiger partial charge on any atom is -0.476 e. The Hall–Kier alpha value is -2.41. The summed E-state index contributed by atoms with van der Waals surface area (Å²) in [6.45, 7) is 0. The Labute approximate surface area is 112 Å². The fraction of sp³-hybridized carbons (Fsp3) is 0.0909. The van der Waals surface area contributed by atoms with Gasteiger partial charge in [-0.1, -0.05) is 11.6 Å². The van der Waals surface area contributed by atoms with E-state index < -0.39 is 10.6 Å². The highest BCUT2D eigenvalue weighted by molar-refractivity contribution is 6.30. The van der Waals surface area contributed by atoms with E-state index >= 15 is 0 Å². The van der Waals surface area contributed by atoms with Crippen LogP contribution in [-0.2, 0) is 0 Å². The van der Waals surface area contributed by atoms with E-state index in [9.17, 15) is 10.1 Å². The molecule has 0 aliphatic heterocycles. The Bertz CT molecular complexity index is 603. The summed E-state index contributed by atoms with van der Waals surface area (Å²) in [4.78, 5) is 17.7. The SMILES string of the molecule is COc1ncnc(Oc2ccc(Cl)cc2)c1[N+](=O)[O-]. The second-order valence-corrected chi connectivity index (χ2v) is 3.79. The lowest BCUT2D eigenvalue weighted by Gasteiger charge is -2.06. The van der Waals surface area contributed by atoms with Gasteiger partial charge in [0.15, 0.2) is 0 Å². The van der Waals surface area contributed by atoms with Crippen molar-refractivity contribution in [2.24, 2.45) is 0 Å². The third kappa shape index (κ3) is 2.89. The van der Waals surface area contributed by atoms with Crippen molar-refractivity contribution in [3.63, 3.8) is 0 Å². The van der Waals surface area contributed by atoms with Crippen LogP contribution in [0.1, 0.15) is 0 Å². The normalized spacial score (nSPS) is 10.0. The molecule has 8 heteroatoms. The van der Waals surface area contributed by atoms with Gasteiger partial charge in [0.05, 0.1) is 12.0 Å². The Kier molecular flexibility index (Phi) is 3.76. The molecule has 0 unspecified atom stereocenters. The molecular weight excluding hydrogens is 274 g/mol. The molecule has 2 aromatic rings. The molecule has 0 saturated carbocycles. The first-order valence-corrected chi connectivity index (χ1v) is 5.46. The number of nitrogens with zero attached hydrogens (tertiary/aromatic N) is 3. The van der Waals surface area contributed by atoms with Crippen LogP contribution in [-0.4, -0.2) is 22.0 Å². The average Bonchev–Trinajstić information content (AvgIpc) is 2.40. The summed E-state index contributed by atoms with van der Waals surface area (Å²) in [7, 11) is 1.28. The molecule has 0 saturated heterocycles. The van der Waals surface area contributed by atoms with Gasteiger partial charge in [0, 0.05) is 5.02 Å². The van der Waals surface area contributed by atoms with Gasteiger partial charge in [-0.2, -0.15) is 9.97 Å². The number of aromatic nitrogens is 2. The molecule has 98 valence electrons. The third-order valence-electron chi connectivity index (χ3n) is 2.16. The second kappa shape index (κ2) is 5.49. The monoisotopic (exact) mass is 281 g/mol. The zero-order chi connectivity index (χ0) is 13.8. The van der Waals surface area contributed by atoms with Gasteiger partial charge >= 0.3 is 17.4 Å². The molecule has 0 fully saturated rings. The summed E-state index contributed by atoms with van der Waals surface area (Å²) in [5.74, 6) is 0.0105. The topological polar surface area (TPSA) is 87.4 Å². The number of rotatable bonds is 4. The average molecular weight is 282 g/mol. The molecule has 1 aromatic heterocycles. The van der Waals surface area contributed by atoms with Gasteiger partial charge in [-0.05, 0) is 24.3 Å². The lowest BCUT2D eigenvalue weighted by molar-refractivity contribution is -0.387. The first kappa shape index (κ1) is 13.0. The highest BCUT2D eigenvalue weighted by Crippen LogP contribution is 2.35. The summed E-state index contributed by atoms with van der Waals surface area (Å²) in [5.41, 5.74) is -0.431. The quantitative estimate of drug-likeness (QED) is 0.632. The van der Waals surface area contributed by atoms with Gasteiger partial charge in [0.1, 0.15) is 12.1 Å². The van der Waals surface area contributed by atoms with Crippen molar-refractivity contribution in [2.75, 3.05) is 7.11 Å². The molecule has 1 heterocycles. The summed E-state index contributed by atoms with van der Waals surface area (Å²) >= 11 is 5.73. The smallest absolute Gasteiger partial charge is 0.392 e. The first-order chi connectivity index (χ1) is 9.11. The van der Waals surface area contributed by atoms with E-state index in [2.05, 4.69) is 9.97 Å². The van der Waals surface area contributed by atoms with Crippen molar-refractivity contribution in [3.05, 3.63) is 45.7 Å². The number of benzene rings is 1. The molecule has 0 N–H and O–H groups in total. The molecule has 0 spiro atoms. The molecule has 7 nitrogen and oxygen atoms in total. The van der Waals surface area contributed by atoms with Gasteiger partial charge < -0.3 is 9.47 Å². The highest BCUT2D eigenvalue weighted by Gasteiger charge is 2.25. The van der Waals surface area contributed by atoms with Crippen LogP contribution in [0.25, 0.3) is 0 Å². The van der Waals surface area contributed by atoms with Crippen molar-refractivity contribution in [1.29, 1.82) is 0 Å². The minimum absolute atomic E-state index is 0.163. The van der Waals surface area contributed by atoms with Gasteiger partial charge in [-0.25, -0.2) is 0 Å². The molecule has 19 heavy (non-hydrogen) atoms. The van der Waals surface area contributed by atoms with Crippen LogP contribution in [0.15, 0.2) is 30.6 Å². The fourth-order valence-corrected chi connectivity index (χ4v) is 1.47. The largest absolute Gasteiger partial charge is 0.476 e. The maximum atomic E-state index is 11.0. The van der Waals surface area contributed by atoms with Crippen LogP contribution in [0, 0.1) is 10.1 Å². The molecule has 0 aliphatic carbocycles. The predicted molar refractivity (Wildman–Crippen MR) is 66.8 cm³/mol. The van der Waals surface area contributed by atoms with Gasteiger partial charge in [-0.15, -0.1) is 0 Å². The van der Waals surface area contributed by atoms with E-state index in [0.29, 0.717) is 10.8 Å². The van der Waals surface area contributed by atoms with Crippen molar-refractivity contribution < 1.29 is 14.4 Å².